The van der Waals surface area contributed by atoms with Gasteiger partial charge in [0.1, 0.15) is 0 Å². The highest BCUT2D eigenvalue weighted by atomic mass is 28.3. The molecule has 1 N–H and O–H groups in total. The molecule has 0 aliphatic heterocycles. The highest BCUT2D eigenvalue weighted by molar-refractivity contribution is 6.76. The minimum atomic E-state index is -0.966. The average Bonchev–Trinajstić information content (AvgIpc) is 2.01. The van der Waals surface area contributed by atoms with Crippen molar-refractivity contribution in [3.8, 4) is 0 Å². The van der Waals surface area contributed by atoms with Gasteiger partial charge in [0.05, 0.1) is 5.60 Å². The third kappa shape index (κ3) is 7.57. The number of hydrogen-bond donors (Lipinski definition) is 1. The Bertz CT molecular complexity index is 193. The Morgan fingerprint density at radius 3 is 1.93 bits per heavy atom. The summed E-state index contributed by atoms with van der Waals surface area (Å²) in [5.74, 6) is 0. The van der Waals surface area contributed by atoms with E-state index in [2.05, 4.69) is 32.8 Å². The van der Waals surface area contributed by atoms with Gasteiger partial charge in [0.2, 0.25) is 0 Å². The van der Waals surface area contributed by atoms with Crippen LogP contribution in [0.25, 0.3) is 0 Å². The van der Waals surface area contributed by atoms with E-state index in [4.69, 9.17) is 0 Å². The minimum Gasteiger partial charge on any atom is -0.389 e. The van der Waals surface area contributed by atoms with E-state index in [-0.39, 0.29) is 0 Å². The third-order valence-electron chi connectivity index (χ3n) is 2.62. The van der Waals surface area contributed by atoms with Gasteiger partial charge in [-0.2, -0.15) is 0 Å². The monoisotopic (exact) mass is 226 g/mol. The van der Waals surface area contributed by atoms with Crippen LogP contribution in [0.4, 0.5) is 0 Å². The lowest BCUT2D eigenvalue weighted by Gasteiger charge is -2.27. The molecule has 2 heteroatoms. The first-order valence-corrected chi connectivity index (χ1v) is 9.48. The van der Waals surface area contributed by atoms with Crippen molar-refractivity contribution in [3.63, 3.8) is 0 Å². The molecule has 0 fully saturated rings. The van der Waals surface area contributed by atoms with Crippen LogP contribution in [0.15, 0.2) is 25.3 Å². The second-order valence-corrected chi connectivity index (χ2v) is 11.2. The van der Waals surface area contributed by atoms with Crippen LogP contribution < -0.4 is 0 Å². The summed E-state index contributed by atoms with van der Waals surface area (Å²) in [6.45, 7) is 14.5. The molecule has 88 valence electrons. The number of rotatable bonds is 8. The minimum absolute atomic E-state index is 0.594. The van der Waals surface area contributed by atoms with Crippen LogP contribution in [0.2, 0.25) is 25.7 Å². The molecule has 0 bridgehead atoms. The molecule has 15 heavy (non-hydrogen) atoms. The van der Waals surface area contributed by atoms with E-state index in [9.17, 15) is 5.11 Å². The highest BCUT2D eigenvalue weighted by Crippen LogP contribution is 2.25. The summed E-state index contributed by atoms with van der Waals surface area (Å²) in [6.07, 6.45) is 6.94. The molecule has 0 saturated carbocycles. The van der Waals surface area contributed by atoms with E-state index < -0.39 is 13.7 Å². The lowest BCUT2D eigenvalue weighted by Crippen LogP contribution is -2.28. The molecule has 0 aromatic carbocycles. The second-order valence-electron chi connectivity index (χ2n) is 5.62. The summed E-state index contributed by atoms with van der Waals surface area (Å²) in [5, 5.41) is 10.3. The molecule has 1 nitrogen and oxygen atoms in total. The van der Waals surface area contributed by atoms with Crippen molar-refractivity contribution < 1.29 is 5.11 Å². The third-order valence-corrected chi connectivity index (χ3v) is 4.47. The Kier molecular flexibility index (Phi) is 6.14. The fourth-order valence-electron chi connectivity index (χ4n) is 1.77. The van der Waals surface area contributed by atoms with Crippen molar-refractivity contribution in [2.75, 3.05) is 0 Å². The lowest BCUT2D eigenvalue weighted by molar-refractivity contribution is 0.0366. The van der Waals surface area contributed by atoms with Gasteiger partial charge in [-0.25, -0.2) is 0 Å². The molecule has 0 saturated heterocycles. The van der Waals surface area contributed by atoms with Gasteiger partial charge in [0.25, 0.3) is 0 Å². The fraction of sp³-hybridized carbons (Fsp3) is 0.692. The van der Waals surface area contributed by atoms with Crippen LogP contribution in [0.3, 0.4) is 0 Å². The van der Waals surface area contributed by atoms with Gasteiger partial charge in [-0.15, -0.1) is 13.2 Å². The predicted octanol–water partition coefficient (Wildman–Crippen LogP) is 3.99. The Morgan fingerprint density at radius 1 is 1.13 bits per heavy atom. The van der Waals surface area contributed by atoms with Crippen molar-refractivity contribution in [1.82, 2.24) is 0 Å². The quantitative estimate of drug-likeness (QED) is 0.490. The van der Waals surface area contributed by atoms with Gasteiger partial charge in [-0.1, -0.05) is 44.3 Å². The van der Waals surface area contributed by atoms with E-state index in [1.54, 1.807) is 12.2 Å². The second kappa shape index (κ2) is 6.29. The topological polar surface area (TPSA) is 20.2 Å². The first-order valence-electron chi connectivity index (χ1n) is 5.77. The molecule has 0 aliphatic rings. The van der Waals surface area contributed by atoms with Crippen molar-refractivity contribution in [2.24, 2.45) is 0 Å². The molecule has 0 aliphatic carbocycles. The normalized spacial score (nSPS) is 12.5. The summed E-state index contributed by atoms with van der Waals surface area (Å²) in [5.41, 5.74) is -0.594. The van der Waals surface area contributed by atoms with Crippen molar-refractivity contribution in [1.29, 1.82) is 0 Å². The zero-order chi connectivity index (χ0) is 11.9. The van der Waals surface area contributed by atoms with Crippen LogP contribution in [0.1, 0.15) is 25.7 Å². The molecule has 0 aromatic heterocycles. The molecule has 0 heterocycles. The molecule has 0 spiro atoms. The molecule has 0 amide bonds. The molecule has 0 unspecified atom stereocenters. The zero-order valence-corrected chi connectivity index (χ0v) is 11.6. The van der Waals surface area contributed by atoms with Gasteiger partial charge in [0.15, 0.2) is 0 Å². The maximum Gasteiger partial charge on any atom is 0.0716 e. The highest BCUT2D eigenvalue weighted by Gasteiger charge is 2.24. The van der Waals surface area contributed by atoms with E-state index in [0.717, 1.165) is 12.8 Å². The first-order chi connectivity index (χ1) is 6.83. The standard InChI is InChI=1S/C13H26OSi/c1-6-9-13(14,10-7-2)11-8-12-15(3,4)5/h6-7,14H,1-2,8-12H2,3-5H3. The lowest BCUT2D eigenvalue weighted by atomic mass is 9.90. The largest absolute Gasteiger partial charge is 0.389 e. The fourth-order valence-corrected chi connectivity index (χ4v) is 3.01. The Labute approximate surface area is 95.9 Å². The molecule has 0 rings (SSSR count). The molecular weight excluding hydrogens is 200 g/mol. The average molecular weight is 226 g/mol. The summed E-state index contributed by atoms with van der Waals surface area (Å²) in [4.78, 5) is 0. The Balaban J connectivity index is 4.06. The maximum absolute atomic E-state index is 10.3. The van der Waals surface area contributed by atoms with Crippen LogP contribution in [0, 0.1) is 0 Å². The van der Waals surface area contributed by atoms with Gasteiger partial charge in [-0.05, 0) is 19.3 Å². The van der Waals surface area contributed by atoms with Crippen LogP contribution in [-0.4, -0.2) is 18.8 Å². The zero-order valence-electron chi connectivity index (χ0n) is 10.6. The summed E-state index contributed by atoms with van der Waals surface area (Å²) in [6, 6.07) is 1.28. The Hall–Kier alpha value is -0.343. The summed E-state index contributed by atoms with van der Waals surface area (Å²) in [7, 11) is -0.966. The van der Waals surface area contributed by atoms with E-state index in [1.807, 2.05) is 0 Å². The van der Waals surface area contributed by atoms with E-state index in [0.29, 0.717) is 12.8 Å². The number of aliphatic hydroxyl groups is 1. The predicted molar refractivity (Wildman–Crippen MR) is 72.0 cm³/mol. The Morgan fingerprint density at radius 2 is 1.60 bits per heavy atom. The van der Waals surface area contributed by atoms with Gasteiger partial charge >= 0.3 is 0 Å². The summed E-state index contributed by atoms with van der Waals surface area (Å²) >= 11 is 0. The van der Waals surface area contributed by atoms with E-state index in [1.165, 1.54) is 6.04 Å². The van der Waals surface area contributed by atoms with Gasteiger partial charge in [0, 0.05) is 8.07 Å². The number of hydrogen-bond acceptors (Lipinski definition) is 1. The molecule has 0 radical (unpaired) electrons. The van der Waals surface area contributed by atoms with Crippen molar-refractivity contribution >= 4 is 8.07 Å². The molecular formula is C13H26OSi. The smallest absolute Gasteiger partial charge is 0.0716 e. The van der Waals surface area contributed by atoms with Crippen LogP contribution in [-0.2, 0) is 0 Å². The summed E-state index contributed by atoms with van der Waals surface area (Å²) < 4.78 is 0. The van der Waals surface area contributed by atoms with Crippen LogP contribution in [0.5, 0.6) is 0 Å². The maximum atomic E-state index is 10.3. The molecule has 0 aromatic rings. The van der Waals surface area contributed by atoms with E-state index >= 15 is 0 Å². The van der Waals surface area contributed by atoms with Crippen molar-refractivity contribution in [3.05, 3.63) is 25.3 Å². The van der Waals surface area contributed by atoms with Crippen LogP contribution >= 0.6 is 0 Å². The van der Waals surface area contributed by atoms with Gasteiger partial charge < -0.3 is 5.11 Å². The van der Waals surface area contributed by atoms with Gasteiger partial charge in [-0.3, -0.25) is 0 Å². The first kappa shape index (κ1) is 14.7. The van der Waals surface area contributed by atoms with Crippen molar-refractivity contribution in [2.45, 2.75) is 57.0 Å². The SMILES string of the molecule is C=CCC(O)(CC=C)CCC[Si](C)(C)C. The molecule has 0 atom stereocenters.